The zero-order chi connectivity index (χ0) is 16.8. The third-order valence-corrected chi connectivity index (χ3v) is 4.11. The van der Waals surface area contributed by atoms with E-state index < -0.39 is 10.9 Å². The van der Waals surface area contributed by atoms with Crippen molar-refractivity contribution in [2.45, 2.75) is 71.1 Å². The van der Waals surface area contributed by atoms with Crippen LogP contribution in [0.15, 0.2) is 24.3 Å². The van der Waals surface area contributed by atoms with E-state index in [1.54, 1.807) is 24.3 Å². The number of hydrogen-bond donors (Lipinski definition) is 1. The van der Waals surface area contributed by atoms with Gasteiger partial charge in [0.05, 0.1) is 6.61 Å². The van der Waals surface area contributed by atoms with E-state index >= 15 is 0 Å². The molecule has 0 aliphatic carbocycles. The van der Waals surface area contributed by atoms with E-state index in [9.17, 15) is 4.21 Å². The summed E-state index contributed by atoms with van der Waals surface area (Å²) in [6.45, 7) is 2.98. The van der Waals surface area contributed by atoms with Crippen molar-refractivity contribution >= 4 is 10.9 Å². The van der Waals surface area contributed by atoms with Crippen LogP contribution in [0.5, 0.6) is 11.5 Å². The first-order valence-electron chi connectivity index (χ1n) is 8.76. The highest BCUT2D eigenvalue weighted by Crippen LogP contribution is 2.18. The maximum Gasteiger partial charge on any atom is 0.119 e. The number of unbranched alkanes of at least 4 members (excludes halogenated alkanes) is 9. The zero-order valence-corrected chi connectivity index (χ0v) is 15.0. The molecule has 0 amide bonds. The second-order valence-corrected chi connectivity index (χ2v) is 6.46. The lowest BCUT2D eigenvalue weighted by atomic mass is 10.1. The van der Waals surface area contributed by atoms with Crippen molar-refractivity contribution in [3.8, 4) is 11.5 Å². The molecule has 0 unspecified atom stereocenters. The van der Waals surface area contributed by atoms with Gasteiger partial charge in [-0.2, -0.15) is 0 Å². The van der Waals surface area contributed by atoms with Crippen molar-refractivity contribution < 1.29 is 13.1 Å². The van der Waals surface area contributed by atoms with Gasteiger partial charge in [-0.15, -0.1) is 0 Å². The summed E-state index contributed by atoms with van der Waals surface area (Å²) in [4.78, 5) is 0. The molecule has 0 saturated carbocycles. The van der Waals surface area contributed by atoms with Gasteiger partial charge in [-0.1, -0.05) is 64.7 Å². The Bertz CT molecular complexity index is 464. The van der Waals surface area contributed by atoms with Gasteiger partial charge < -0.3 is 17.9 Å². The summed E-state index contributed by atoms with van der Waals surface area (Å²) in [5.41, 5.74) is 0. The van der Waals surface area contributed by atoms with E-state index in [1.165, 1.54) is 57.8 Å². The van der Waals surface area contributed by atoms with Crippen LogP contribution in [0.3, 0.4) is 0 Å². The molecule has 0 atom stereocenters. The highest BCUT2D eigenvalue weighted by molar-refractivity contribution is 7.68. The average molecular weight is 341 g/mol. The lowest BCUT2D eigenvalue weighted by Crippen LogP contribution is -1.97. The molecule has 1 rings (SSSR count). The van der Waals surface area contributed by atoms with Crippen LogP contribution in [-0.4, -0.2) is 6.61 Å². The Morgan fingerprint density at radius 3 is 1.83 bits per heavy atom. The maximum atomic E-state index is 10.6. The van der Waals surface area contributed by atoms with E-state index in [0.29, 0.717) is 5.75 Å². The molecule has 0 aliphatic rings. The van der Waals surface area contributed by atoms with E-state index in [0.717, 1.165) is 18.8 Å². The van der Waals surface area contributed by atoms with Crippen LogP contribution in [0.25, 0.3) is 0 Å². The topological polar surface area (TPSA) is 59.4 Å². The van der Waals surface area contributed by atoms with Gasteiger partial charge >= 0.3 is 0 Å². The van der Waals surface area contributed by atoms with E-state index in [-0.39, 0.29) is 0 Å². The van der Waals surface area contributed by atoms with Gasteiger partial charge in [0.15, 0.2) is 0 Å². The minimum atomic E-state index is -2.03. The molecule has 5 heteroatoms. The van der Waals surface area contributed by atoms with Crippen LogP contribution < -0.4 is 8.92 Å². The molecule has 0 aliphatic heterocycles. The van der Waals surface area contributed by atoms with Crippen LogP contribution in [-0.2, 0) is 15.1 Å². The zero-order valence-electron chi connectivity index (χ0n) is 14.2. The smallest absolute Gasteiger partial charge is 0.119 e. The van der Waals surface area contributed by atoms with E-state index in [4.69, 9.17) is 13.7 Å². The molecule has 0 saturated heterocycles. The predicted molar refractivity (Wildman–Crippen MR) is 95.2 cm³/mol. The maximum absolute atomic E-state index is 10.6. The fraction of sp³-hybridized carbons (Fsp3) is 0.667. The normalized spacial score (nSPS) is 10.9. The van der Waals surface area contributed by atoms with Crippen molar-refractivity contribution in [2.24, 2.45) is 0 Å². The highest BCUT2D eigenvalue weighted by atomic mass is 32.2. The first kappa shape index (κ1) is 19.8. The Morgan fingerprint density at radius 2 is 1.30 bits per heavy atom. The van der Waals surface area contributed by atoms with Crippen LogP contribution >= 0.6 is 0 Å². The summed E-state index contributed by atoms with van der Waals surface area (Å²) >= 11 is 0. The van der Waals surface area contributed by atoms with Gasteiger partial charge in [-0.3, -0.25) is 0 Å². The number of ether oxygens (including phenoxy) is 1. The van der Waals surface area contributed by atoms with Crippen molar-refractivity contribution in [2.75, 3.05) is 6.61 Å². The van der Waals surface area contributed by atoms with Crippen LogP contribution in [0.4, 0.5) is 0 Å². The van der Waals surface area contributed by atoms with Gasteiger partial charge in [-0.05, 0) is 41.6 Å². The molecule has 0 radical (unpaired) electrons. The Kier molecular flexibility index (Phi) is 11.4. The SMILES string of the molecule is CCCCCCCCCCCCOc1ccc(O[S-](=N)=O)cc1. The minimum absolute atomic E-state index is 0.421. The molecule has 4 nitrogen and oxygen atoms in total. The molecule has 1 aromatic rings. The Hall–Kier alpha value is -1.23. The van der Waals surface area contributed by atoms with Crippen LogP contribution in [0.1, 0.15) is 71.1 Å². The van der Waals surface area contributed by atoms with Gasteiger partial charge in [0.25, 0.3) is 0 Å². The quantitative estimate of drug-likeness (QED) is 0.333. The highest BCUT2D eigenvalue weighted by Gasteiger charge is 1.96. The average Bonchev–Trinajstić information content (AvgIpc) is 2.53. The Labute approximate surface area is 142 Å². The van der Waals surface area contributed by atoms with E-state index in [1.807, 2.05) is 0 Å². The second kappa shape index (κ2) is 13.2. The van der Waals surface area contributed by atoms with Crippen molar-refractivity contribution in [1.82, 2.24) is 0 Å². The largest absolute Gasteiger partial charge is 0.546 e. The van der Waals surface area contributed by atoms with Gasteiger partial charge in [0.1, 0.15) is 11.5 Å². The molecule has 1 N–H and O–H groups in total. The third kappa shape index (κ3) is 11.0. The van der Waals surface area contributed by atoms with Crippen molar-refractivity contribution in [3.05, 3.63) is 24.3 Å². The Balaban J connectivity index is 1.96. The summed E-state index contributed by atoms with van der Waals surface area (Å²) in [5.74, 6) is 1.20. The number of benzene rings is 1. The predicted octanol–water partition coefficient (Wildman–Crippen LogP) is 6.01. The first-order chi connectivity index (χ1) is 11.2. The fourth-order valence-corrected chi connectivity index (χ4v) is 2.74. The summed E-state index contributed by atoms with van der Waals surface area (Å²) < 4.78 is 27.9. The molecule has 23 heavy (non-hydrogen) atoms. The summed E-state index contributed by atoms with van der Waals surface area (Å²) in [7, 11) is -2.03. The lowest BCUT2D eigenvalue weighted by Gasteiger charge is -2.09. The van der Waals surface area contributed by atoms with Crippen molar-refractivity contribution in [1.29, 1.82) is 4.78 Å². The van der Waals surface area contributed by atoms with Crippen molar-refractivity contribution in [3.63, 3.8) is 0 Å². The third-order valence-electron chi connectivity index (χ3n) is 3.76. The number of rotatable bonds is 14. The summed E-state index contributed by atoms with van der Waals surface area (Å²) in [6.07, 6.45) is 13.2. The van der Waals surface area contributed by atoms with Crippen LogP contribution in [0, 0.1) is 4.78 Å². The molecule has 1 aromatic carbocycles. The van der Waals surface area contributed by atoms with Gasteiger partial charge in [0.2, 0.25) is 0 Å². The Morgan fingerprint density at radius 1 is 0.826 bits per heavy atom. The van der Waals surface area contributed by atoms with E-state index in [2.05, 4.69) is 6.92 Å². The molecule has 0 bridgehead atoms. The molecule has 132 valence electrons. The number of hydrogen-bond acceptors (Lipinski definition) is 5. The minimum Gasteiger partial charge on any atom is -0.546 e. The fourth-order valence-electron chi connectivity index (χ4n) is 2.46. The standard InChI is InChI=1S/C18H30NO3S/c1-2-3-4-5-6-7-8-9-10-11-16-21-17-12-14-18(15-13-17)22-23(19)20/h12-15,19H,2-11,16H2,1H3/q-1. The molecule has 0 fully saturated rings. The van der Waals surface area contributed by atoms with Gasteiger partial charge in [-0.25, -0.2) is 0 Å². The monoisotopic (exact) mass is 340 g/mol. The lowest BCUT2D eigenvalue weighted by molar-refractivity contribution is 0.304. The molecular formula is C18H30NO3S-. The molecule has 0 heterocycles. The second-order valence-electron chi connectivity index (χ2n) is 5.82. The summed E-state index contributed by atoms with van der Waals surface area (Å²) in [5, 5.41) is 0. The first-order valence-corrected chi connectivity index (χ1v) is 9.84. The molecule has 0 spiro atoms. The summed E-state index contributed by atoms with van der Waals surface area (Å²) in [6, 6.07) is 6.89. The molecular weight excluding hydrogens is 310 g/mol. The molecule has 0 aromatic heterocycles. The van der Waals surface area contributed by atoms with Gasteiger partial charge in [0, 0.05) is 0 Å². The number of nitrogens with one attached hydrogen (secondary N) is 1. The van der Waals surface area contributed by atoms with Crippen LogP contribution in [0.2, 0.25) is 0 Å².